The van der Waals surface area contributed by atoms with Gasteiger partial charge in [-0.05, 0) is 50.5 Å². The summed E-state index contributed by atoms with van der Waals surface area (Å²) in [5.74, 6) is -0.961. The Kier molecular flexibility index (Phi) is 5.32. The van der Waals surface area contributed by atoms with E-state index in [2.05, 4.69) is 24.2 Å². The molecule has 2 aromatic rings. The van der Waals surface area contributed by atoms with Crippen molar-refractivity contribution in [1.82, 2.24) is 9.78 Å². The summed E-state index contributed by atoms with van der Waals surface area (Å²) in [6.45, 7) is 3.81. The molecule has 0 saturated carbocycles. The maximum Gasteiger partial charge on any atom is 0.339 e. The van der Waals surface area contributed by atoms with E-state index in [-0.39, 0.29) is 5.56 Å². The van der Waals surface area contributed by atoms with Crippen LogP contribution >= 0.6 is 0 Å². The number of allylic oxidation sites excluding steroid dienone is 2. The fourth-order valence-electron chi connectivity index (χ4n) is 2.45. The van der Waals surface area contributed by atoms with Crippen LogP contribution in [0.15, 0.2) is 36.4 Å². The first-order chi connectivity index (χ1) is 11.1. The molecule has 0 fully saturated rings. The maximum atomic E-state index is 11.6. The van der Waals surface area contributed by atoms with Gasteiger partial charge in [-0.25, -0.2) is 9.48 Å². The van der Waals surface area contributed by atoms with E-state index in [0.29, 0.717) is 23.4 Å². The Morgan fingerprint density at radius 3 is 2.61 bits per heavy atom. The van der Waals surface area contributed by atoms with Crippen molar-refractivity contribution in [2.75, 3.05) is 0 Å². The SMILES string of the molecule is CC/C=C\CCc1nn(-c2ccc(C#N)cc2)c(C)c1C(=O)O. The molecule has 0 radical (unpaired) electrons. The van der Waals surface area contributed by atoms with Gasteiger partial charge in [-0.2, -0.15) is 10.4 Å². The molecule has 118 valence electrons. The van der Waals surface area contributed by atoms with Gasteiger partial charge in [-0.1, -0.05) is 19.1 Å². The van der Waals surface area contributed by atoms with Gasteiger partial charge in [0, 0.05) is 0 Å². The third-order valence-electron chi connectivity index (χ3n) is 3.59. The van der Waals surface area contributed by atoms with Gasteiger partial charge in [0.25, 0.3) is 0 Å². The first kappa shape index (κ1) is 16.5. The fraction of sp³-hybridized carbons (Fsp3) is 0.278. The van der Waals surface area contributed by atoms with E-state index in [1.807, 2.05) is 6.08 Å². The highest BCUT2D eigenvalue weighted by Gasteiger charge is 2.20. The van der Waals surface area contributed by atoms with Crippen molar-refractivity contribution in [3.63, 3.8) is 0 Å². The molecule has 0 bridgehead atoms. The number of hydrogen-bond donors (Lipinski definition) is 1. The number of nitriles is 1. The molecule has 5 heteroatoms. The molecule has 5 nitrogen and oxygen atoms in total. The number of benzene rings is 1. The van der Waals surface area contributed by atoms with Gasteiger partial charge < -0.3 is 5.11 Å². The molecule has 0 aliphatic heterocycles. The number of aryl methyl sites for hydroxylation is 1. The minimum Gasteiger partial charge on any atom is -0.478 e. The van der Waals surface area contributed by atoms with E-state index in [1.165, 1.54) is 0 Å². The third kappa shape index (κ3) is 3.67. The van der Waals surface area contributed by atoms with Crippen LogP contribution in [0.1, 0.15) is 47.1 Å². The molecule has 0 spiro atoms. The van der Waals surface area contributed by atoms with Gasteiger partial charge in [-0.3, -0.25) is 0 Å². The molecule has 0 amide bonds. The first-order valence-electron chi connectivity index (χ1n) is 7.55. The van der Waals surface area contributed by atoms with E-state index in [1.54, 1.807) is 35.9 Å². The Morgan fingerprint density at radius 1 is 1.35 bits per heavy atom. The Balaban J connectivity index is 2.38. The van der Waals surface area contributed by atoms with Crippen LogP contribution < -0.4 is 0 Å². The van der Waals surface area contributed by atoms with Crippen molar-refractivity contribution in [2.24, 2.45) is 0 Å². The van der Waals surface area contributed by atoms with Crippen LogP contribution in [-0.2, 0) is 6.42 Å². The molecule has 0 saturated heterocycles. The van der Waals surface area contributed by atoms with E-state index < -0.39 is 5.97 Å². The number of carboxylic acid groups (broad SMARTS) is 1. The van der Waals surface area contributed by atoms with Crippen molar-refractivity contribution >= 4 is 5.97 Å². The predicted octanol–water partition coefficient (Wildman–Crippen LogP) is 3.65. The minimum atomic E-state index is -0.961. The van der Waals surface area contributed by atoms with Gasteiger partial charge in [0.05, 0.1) is 28.7 Å². The van der Waals surface area contributed by atoms with Crippen LogP contribution in [0.2, 0.25) is 0 Å². The highest BCUT2D eigenvalue weighted by molar-refractivity contribution is 5.90. The van der Waals surface area contributed by atoms with Crippen molar-refractivity contribution < 1.29 is 9.90 Å². The molecular weight excluding hydrogens is 290 g/mol. The lowest BCUT2D eigenvalue weighted by molar-refractivity contribution is 0.0695. The first-order valence-corrected chi connectivity index (χ1v) is 7.55. The summed E-state index contributed by atoms with van der Waals surface area (Å²) in [4.78, 5) is 11.6. The third-order valence-corrected chi connectivity index (χ3v) is 3.59. The number of aromatic carboxylic acids is 1. The Labute approximate surface area is 135 Å². The van der Waals surface area contributed by atoms with Crippen LogP contribution in [0.4, 0.5) is 0 Å². The zero-order chi connectivity index (χ0) is 16.8. The maximum absolute atomic E-state index is 11.6. The smallest absolute Gasteiger partial charge is 0.339 e. The summed E-state index contributed by atoms with van der Waals surface area (Å²) < 4.78 is 1.63. The Bertz CT molecular complexity index is 765. The normalized spacial score (nSPS) is 10.8. The van der Waals surface area contributed by atoms with E-state index in [0.717, 1.165) is 18.5 Å². The summed E-state index contributed by atoms with van der Waals surface area (Å²) in [5.41, 5.74) is 2.75. The zero-order valence-electron chi connectivity index (χ0n) is 13.3. The summed E-state index contributed by atoms with van der Waals surface area (Å²) in [6, 6.07) is 8.99. The highest BCUT2D eigenvalue weighted by Crippen LogP contribution is 2.20. The van der Waals surface area contributed by atoms with Crippen LogP contribution in [-0.4, -0.2) is 20.9 Å². The predicted molar refractivity (Wildman–Crippen MR) is 87.7 cm³/mol. The minimum absolute atomic E-state index is 0.263. The largest absolute Gasteiger partial charge is 0.478 e. The molecule has 0 aliphatic carbocycles. The number of hydrogen-bond acceptors (Lipinski definition) is 3. The zero-order valence-corrected chi connectivity index (χ0v) is 13.3. The lowest BCUT2D eigenvalue weighted by atomic mass is 10.1. The average molecular weight is 309 g/mol. The van der Waals surface area contributed by atoms with Gasteiger partial charge in [-0.15, -0.1) is 0 Å². The van der Waals surface area contributed by atoms with Crippen LogP contribution in [0.25, 0.3) is 5.69 Å². The Hall–Kier alpha value is -2.87. The number of carboxylic acids is 1. The number of carbonyl (C=O) groups is 1. The van der Waals surface area contributed by atoms with Crippen LogP contribution in [0, 0.1) is 18.3 Å². The quantitative estimate of drug-likeness (QED) is 0.826. The summed E-state index contributed by atoms with van der Waals surface area (Å²) in [6.07, 6.45) is 6.41. The van der Waals surface area contributed by atoms with E-state index in [4.69, 9.17) is 5.26 Å². The van der Waals surface area contributed by atoms with Crippen molar-refractivity contribution in [1.29, 1.82) is 5.26 Å². The molecule has 0 aliphatic rings. The van der Waals surface area contributed by atoms with Gasteiger partial charge in [0.2, 0.25) is 0 Å². The van der Waals surface area contributed by atoms with Crippen molar-refractivity contribution in [3.05, 3.63) is 58.9 Å². The lowest BCUT2D eigenvalue weighted by Crippen LogP contribution is -2.03. The highest BCUT2D eigenvalue weighted by atomic mass is 16.4. The Morgan fingerprint density at radius 2 is 2.04 bits per heavy atom. The molecule has 0 atom stereocenters. The number of aromatic nitrogens is 2. The molecule has 1 aromatic heterocycles. The molecular formula is C18H19N3O2. The van der Waals surface area contributed by atoms with Gasteiger partial charge in [0.1, 0.15) is 5.56 Å². The second-order valence-electron chi connectivity index (χ2n) is 5.20. The van der Waals surface area contributed by atoms with E-state index in [9.17, 15) is 9.90 Å². The fourth-order valence-corrected chi connectivity index (χ4v) is 2.45. The molecule has 0 unspecified atom stereocenters. The summed E-state index contributed by atoms with van der Waals surface area (Å²) in [5, 5.41) is 22.8. The molecule has 1 aromatic carbocycles. The van der Waals surface area contributed by atoms with Crippen LogP contribution in [0.3, 0.4) is 0 Å². The van der Waals surface area contributed by atoms with E-state index >= 15 is 0 Å². The van der Waals surface area contributed by atoms with Crippen LogP contribution in [0.5, 0.6) is 0 Å². The average Bonchev–Trinajstić information content (AvgIpc) is 2.88. The topological polar surface area (TPSA) is 78.9 Å². The summed E-state index contributed by atoms with van der Waals surface area (Å²) in [7, 11) is 0. The molecule has 2 rings (SSSR count). The van der Waals surface area contributed by atoms with Gasteiger partial charge >= 0.3 is 5.97 Å². The summed E-state index contributed by atoms with van der Waals surface area (Å²) >= 11 is 0. The molecule has 23 heavy (non-hydrogen) atoms. The van der Waals surface area contributed by atoms with Crippen molar-refractivity contribution in [3.8, 4) is 11.8 Å². The number of rotatable bonds is 6. The second kappa shape index (κ2) is 7.41. The molecule has 1 N–H and O–H groups in total. The van der Waals surface area contributed by atoms with Crippen molar-refractivity contribution in [2.45, 2.75) is 33.1 Å². The monoisotopic (exact) mass is 309 g/mol. The standard InChI is InChI=1S/C18H19N3O2/c1-3-4-5-6-7-16-17(18(22)23)13(2)21(20-16)15-10-8-14(12-19)9-11-15/h4-5,8-11H,3,6-7H2,1-2H3,(H,22,23)/b5-4-. The van der Waals surface area contributed by atoms with Gasteiger partial charge in [0.15, 0.2) is 0 Å². The number of nitrogens with zero attached hydrogens (tertiary/aromatic N) is 3. The second-order valence-corrected chi connectivity index (χ2v) is 5.20. The lowest BCUT2D eigenvalue weighted by Gasteiger charge is -2.04. The molecule has 1 heterocycles.